The number of aliphatic carboxylic acids is 1. The van der Waals surface area contributed by atoms with Crippen molar-refractivity contribution >= 4 is 17.1 Å². The molecule has 0 heterocycles. The zero-order chi connectivity index (χ0) is 18.9. The van der Waals surface area contributed by atoms with E-state index in [1.54, 1.807) is 0 Å². The molecule has 1 aliphatic rings. The summed E-state index contributed by atoms with van der Waals surface area (Å²) in [7, 11) is 0. The van der Waals surface area contributed by atoms with E-state index >= 15 is 0 Å². The van der Waals surface area contributed by atoms with Gasteiger partial charge in [-0.2, -0.15) is 0 Å². The highest BCUT2D eigenvalue weighted by Crippen LogP contribution is 2.45. The molecule has 0 fully saturated rings. The molecule has 0 unspecified atom stereocenters. The number of fused-ring (bicyclic) bond motifs is 1. The molecule has 0 spiro atoms. The van der Waals surface area contributed by atoms with E-state index in [0.29, 0.717) is 23.8 Å². The van der Waals surface area contributed by atoms with Crippen molar-refractivity contribution in [2.24, 2.45) is 5.92 Å². The maximum atomic E-state index is 14.0. The van der Waals surface area contributed by atoms with Crippen molar-refractivity contribution in [2.75, 3.05) is 6.61 Å². The maximum Gasteiger partial charge on any atom is 0.149 e. The summed E-state index contributed by atoms with van der Waals surface area (Å²) >= 11 is 0. The number of carbonyl (C=O) groups excluding carboxylic acids is 1. The number of halogens is 1. The predicted octanol–water partition coefficient (Wildman–Crippen LogP) is 4.26. The van der Waals surface area contributed by atoms with Gasteiger partial charge >= 0.3 is 0 Å². The van der Waals surface area contributed by atoms with Crippen LogP contribution < -0.4 is 9.84 Å². The number of benzene rings is 1. The molecule has 0 bridgehead atoms. The first kappa shape index (κ1) is 19.2. The topological polar surface area (TPSA) is 49.4 Å². The average molecular weight is 345 g/mol. The molecule has 1 aromatic rings. The zero-order valence-corrected chi connectivity index (χ0v) is 15.8. The number of carboxylic acids is 1. The lowest BCUT2D eigenvalue weighted by molar-refractivity contribution is -0.301. The van der Waals surface area contributed by atoms with Gasteiger partial charge in [0.2, 0.25) is 0 Å². The number of carbonyl (C=O) groups is 1. The molecule has 0 amide bonds. The largest absolute Gasteiger partial charge is 0.542 e. The Morgan fingerprint density at radius 3 is 2.52 bits per heavy atom. The number of carboxylic acid groups (broad SMARTS) is 1. The maximum absolute atomic E-state index is 14.0. The summed E-state index contributed by atoms with van der Waals surface area (Å²) in [6.07, 6.45) is 3.14. The van der Waals surface area contributed by atoms with Crippen LogP contribution >= 0.6 is 0 Å². The fourth-order valence-electron chi connectivity index (χ4n) is 3.35. The molecule has 4 heteroatoms. The van der Waals surface area contributed by atoms with E-state index in [4.69, 9.17) is 4.74 Å². The Kier molecular flexibility index (Phi) is 5.40. The van der Waals surface area contributed by atoms with Crippen LogP contribution in [-0.2, 0) is 10.2 Å². The summed E-state index contributed by atoms with van der Waals surface area (Å²) in [6.45, 7) is 12.3. The number of hydrogen-bond acceptors (Lipinski definition) is 3. The van der Waals surface area contributed by atoms with Gasteiger partial charge in [0.15, 0.2) is 0 Å². The normalized spacial score (nSPS) is 16.9. The van der Waals surface area contributed by atoms with Crippen molar-refractivity contribution in [2.45, 2.75) is 53.4 Å². The fraction of sp³-hybridized carbons (Fsp3) is 0.476. The van der Waals surface area contributed by atoms with Gasteiger partial charge in [-0.05, 0) is 66.0 Å². The molecule has 1 aliphatic carbocycles. The molecule has 2 rings (SSSR count). The molecular formula is C21H26FO3-. The zero-order valence-electron chi connectivity index (χ0n) is 15.8. The van der Waals surface area contributed by atoms with Crippen LogP contribution in [0.15, 0.2) is 24.0 Å². The smallest absolute Gasteiger partial charge is 0.149 e. The Bertz CT molecular complexity index is 755. The van der Waals surface area contributed by atoms with E-state index in [1.165, 1.54) is 12.5 Å². The minimum absolute atomic E-state index is 0.0257. The molecule has 3 nitrogen and oxygen atoms in total. The third-order valence-corrected chi connectivity index (χ3v) is 4.83. The van der Waals surface area contributed by atoms with E-state index in [0.717, 1.165) is 17.5 Å². The molecule has 25 heavy (non-hydrogen) atoms. The number of rotatable bonds is 5. The van der Waals surface area contributed by atoms with E-state index in [2.05, 4.69) is 33.8 Å². The number of allylic oxidation sites excluding steroid dienone is 3. The molecule has 0 saturated heterocycles. The van der Waals surface area contributed by atoms with Gasteiger partial charge in [0, 0.05) is 5.56 Å². The lowest BCUT2D eigenvalue weighted by Gasteiger charge is -2.34. The minimum atomic E-state index is -1.81. The molecule has 0 saturated carbocycles. The highest BCUT2D eigenvalue weighted by atomic mass is 19.1. The molecule has 0 radical (unpaired) electrons. The fourth-order valence-corrected chi connectivity index (χ4v) is 3.35. The van der Waals surface area contributed by atoms with Crippen molar-refractivity contribution in [1.82, 2.24) is 0 Å². The highest BCUT2D eigenvalue weighted by molar-refractivity contribution is 5.94. The average Bonchev–Trinajstić information content (AvgIpc) is 2.53. The Balaban J connectivity index is 2.79. The SMILES string of the molecule is CCOc1cc2c(cc1/C(C)=C(/F)C(=O)[O-])C(C(C)C)=CCC2(C)C. The van der Waals surface area contributed by atoms with Crippen molar-refractivity contribution in [1.29, 1.82) is 0 Å². The van der Waals surface area contributed by atoms with Gasteiger partial charge in [0.25, 0.3) is 0 Å². The molecule has 1 aromatic carbocycles. The predicted molar refractivity (Wildman–Crippen MR) is 96.8 cm³/mol. The van der Waals surface area contributed by atoms with Crippen LogP contribution in [0.5, 0.6) is 5.75 Å². The van der Waals surface area contributed by atoms with Crippen molar-refractivity contribution in [3.05, 3.63) is 40.7 Å². The molecular weight excluding hydrogens is 319 g/mol. The third-order valence-electron chi connectivity index (χ3n) is 4.83. The number of hydrogen-bond donors (Lipinski definition) is 0. The minimum Gasteiger partial charge on any atom is -0.542 e. The first-order valence-electron chi connectivity index (χ1n) is 8.70. The molecule has 0 N–H and O–H groups in total. The third kappa shape index (κ3) is 3.63. The van der Waals surface area contributed by atoms with Gasteiger partial charge in [-0.25, -0.2) is 4.39 Å². The van der Waals surface area contributed by atoms with Crippen molar-refractivity contribution < 1.29 is 19.0 Å². The second-order valence-electron chi connectivity index (χ2n) is 7.46. The summed E-state index contributed by atoms with van der Waals surface area (Å²) in [5.74, 6) is -2.24. The molecule has 0 aromatic heterocycles. The van der Waals surface area contributed by atoms with Crippen molar-refractivity contribution in [3.63, 3.8) is 0 Å². The van der Waals surface area contributed by atoms with Gasteiger partial charge in [0.1, 0.15) is 17.5 Å². The second kappa shape index (κ2) is 7.03. The highest BCUT2D eigenvalue weighted by Gasteiger charge is 2.31. The van der Waals surface area contributed by atoms with Crippen LogP contribution in [0.2, 0.25) is 0 Å². The Morgan fingerprint density at radius 1 is 1.36 bits per heavy atom. The van der Waals surface area contributed by atoms with Crippen LogP contribution in [0.1, 0.15) is 64.7 Å². The summed E-state index contributed by atoms with van der Waals surface area (Å²) in [4.78, 5) is 11.0. The Morgan fingerprint density at radius 2 is 2.00 bits per heavy atom. The molecule has 136 valence electrons. The van der Waals surface area contributed by atoms with Crippen LogP contribution in [0.25, 0.3) is 11.1 Å². The van der Waals surface area contributed by atoms with Gasteiger partial charge < -0.3 is 14.6 Å². The lowest BCUT2D eigenvalue weighted by atomic mass is 9.71. The molecule has 0 atom stereocenters. The molecule has 0 aliphatic heterocycles. The van der Waals surface area contributed by atoms with Crippen LogP contribution in [-0.4, -0.2) is 12.6 Å². The first-order chi connectivity index (χ1) is 11.6. The summed E-state index contributed by atoms with van der Waals surface area (Å²) in [5, 5.41) is 11.0. The summed E-state index contributed by atoms with van der Waals surface area (Å²) in [5.41, 5.74) is 3.80. The van der Waals surface area contributed by atoms with Crippen LogP contribution in [0.3, 0.4) is 0 Å². The monoisotopic (exact) mass is 345 g/mol. The van der Waals surface area contributed by atoms with E-state index in [-0.39, 0.29) is 11.0 Å². The summed E-state index contributed by atoms with van der Waals surface area (Å²) < 4.78 is 19.7. The standard InChI is InChI=1S/C21H27FO3/c1-7-25-18-11-17-16(10-15(18)13(4)19(22)20(23)24)14(12(2)3)8-9-21(17,5)6/h8,10-12H,7,9H2,1-6H3,(H,23,24)/p-1/b19-13+. The van der Waals surface area contributed by atoms with Gasteiger partial charge in [-0.15, -0.1) is 0 Å². The van der Waals surface area contributed by atoms with Gasteiger partial charge in [0.05, 0.1) is 6.61 Å². The lowest BCUT2D eigenvalue weighted by Crippen LogP contribution is -2.24. The van der Waals surface area contributed by atoms with E-state index < -0.39 is 11.8 Å². The second-order valence-corrected chi connectivity index (χ2v) is 7.46. The van der Waals surface area contributed by atoms with E-state index in [9.17, 15) is 14.3 Å². The van der Waals surface area contributed by atoms with Crippen LogP contribution in [0, 0.1) is 5.92 Å². The van der Waals surface area contributed by atoms with E-state index in [1.807, 2.05) is 19.1 Å². The van der Waals surface area contributed by atoms with Gasteiger partial charge in [-0.3, -0.25) is 0 Å². The quantitative estimate of drug-likeness (QED) is 0.749. The first-order valence-corrected chi connectivity index (χ1v) is 8.70. The van der Waals surface area contributed by atoms with Crippen LogP contribution in [0.4, 0.5) is 4.39 Å². The van der Waals surface area contributed by atoms with Crippen molar-refractivity contribution in [3.8, 4) is 5.75 Å². The number of ether oxygens (including phenoxy) is 1. The Hall–Kier alpha value is -2.10. The summed E-state index contributed by atoms with van der Waals surface area (Å²) in [6, 6.07) is 3.81. The van der Waals surface area contributed by atoms with Gasteiger partial charge in [-0.1, -0.05) is 33.8 Å². The Labute approximate surface area is 149 Å².